The number of nitrogens with zero attached hydrogens (tertiary/aromatic N) is 7. The molecule has 3 atom stereocenters. The molecular weight excluding hydrogens is 900 g/mol. The number of hydrogen-bond donors (Lipinski definition) is 7. The molecule has 18 nitrogen and oxygen atoms in total. The van der Waals surface area contributed by atoms with E-state index in [4.69, 9.17) is 23.1 Å². The maximum atomic E-state index is 13.4. The average Bonchev–Trinajstić information content (AvgIpc) is 3.36. The molecular formula is C50H43ClN12O6. The molecule has 5 aromatic carbocycles. The van der Waals surface area contributed by atoms with Crippen molar-refractivity contribution in [2.45, 2.75) is 24.7 Å². The van der Waals surface area contributed by atoms with Crippen molar-refractivity contribution in [1.82, 2.24) is 20.9 Å². The molecule has 0 radical (unpaired) electrons. The number of carbonyl (C=O) groups is 2. The Hall–Kier alpha value is -9.16. The van der Waals surface area contributed by atoms with Gasteiger partial charge in [-0.25, -0.2) is 0 Å². The largest absolute Gasteiger partial charge is 0.505 e. The van der Waals surface area contributed by atoms with Gasteiger partial charge in [0.2, 0.25) is 0 Å². The number of fused-ring (bicyclic) bond motifs is 2. The normalized spacial score (nSPS) is 14.7. The summed E-state index contributed by atoms with van der Waals surface area (Å²) in [5.74, 6) is -1.82. The third-order valence-electron chi connectivity index (χ3n) is 10.6. The molecule has 7 rings (SSSR count). The van der Waals surface area contributed by atoms with Crippen LogP contribution in [0.4, 0.5) is 22.7 Å². The number of nitroso groups, excluding NO2 is 2. The molecule has 1 aliphatic rings. The second kappa shape index (κ2) is 22.8. The van der Waals surface area contributed by atoms with Gasteiger partial charge >= 0.3 is 0 Å². The summed E-state index contributed by atoms with van der Waals surface area (Å²) >= 11 is 6.73. The lowest BCUT2D eigenvalue weighted by Crippen LogP contribution is -2.42. The number of dihydropyridines is 1. The SMILES string of the molecule is N/C=C\C=C/CNC(=O)c1cc2cc(C(=O)NC3C=CC=CN3)ccc2c(N=Nc2ccc(N=Nc3c(O)c(C(C/C=C\C=C/N)N=O)cc4cc(C(N=O)c5ccccn5)ccc34)c(Cl)c2)c1O. The second-order valence-corrected chi connectivity index (χ2v) is 15.5. The number of nitrogens with one attached hydrogen (secondary N) is 3. The maximum Gasteiger partial charge on any atom is 0.255 e. The number of aromatic hydroxyl groups is 2. The molecule has 346 valence electrons. The molecule has 1 aliphatic heterocycles. The van der Waals surface area contributed by atoms with Gasteiger partial charge in [0.1, 0.15) is 35.0 Å². The second-order valence-electron chi connectivity index (χ2n) is 15.1. The Morgan fingerprint density at radius 3 is 2.25 bits per heavy atom. The van der Waals surface area contributed by atoms with Crippen LogP contribution in [0.25, 0.3) is 21.5 Å². The van der Waals surface area contributed by atoms with E-state index in [1.807, 2.05) is 0 Å². The van der Waals surface area contributed by atoms with Gasteiger partial charge in [-0.1, -0.05) is 76.6 Å². The summed E-state index contributed by atoms with van der Waals surface area (Å²) in [5.41, 5.74) is 12.4. The monoisotopic (exact) mass is 942 g/mol. The number of phenolic OH excluding ortho intramolecular Hbond substituents is 2. The lowest BCUT2D eigenvalue weighted by atomic mass is 9.94. The minimum Gasteiger partial charge on any atom is -0.505 e. The first kappa shape index (κ1) is 47.8. The Balaban J connectivity index is 1.23. The number of rotatable bonds is 18. The average molecular weight is 943 g/mol. The van der Waals surface area contributed by atoms with Gasteiger partial charge in [0.15, 0.2) is 11.8 Å². The van der Waals surface area contributed by atoms with Gasteiger partial charge in [-0.3, -0.25) is 14.6 Å². The number of azo groups is 2. The molecule has 0 bridgehead atoms. The summed E-state index contributed by atoms with van der Waals surface area (Å²) in [6.45, 7) is 0.120. The van der Waals surface area contributed by atoms with Crippen molar-refractivity contribution in [2.24, 2.45) is 42.3 Å². The number of carbonyl (C=O) groups excluding carboxylic acids is 2. The van der Waals surface area contributed by atoms with Crippen molar-refractivity contribution in [3.8, 4) is 11.5 Å². The fourth-order valence-electron chi connectivity index (χ4n) is 7.20. The van der Waals surface area contributed by atoms with E-state index in [1.54, 1.807) is 128 Å². The van der Waals surface area contributed by atoms with E-state index in [-0.39, 0.29) is 69.1 Å². The lowest BCUT2D eigenvalue weighted by Gasteiger charge is -2.17. The van der Waals surface area contributed by atoms with Gasteiger partial charge in [-0.05, 0) is 126 Å². The fourth-order valence-corrected chi connectivity index (χ4v) is 7.42. The Morgan fingerprint density at radius 2 is 1.54 bits per heavy atom. The van der Waals surface area contributed by atoms with Gasteiger partial charge < -0.3 is 37.6 Å². The molecule has 69 heavy (non-hydrogen) atoms. The van der Waals surface area contributed by atoms with E-state index in [9.17, 15) is 29.6 Å². The van der Waals surface area contributed by atoms with Crippen LogP contribution in [0.2, 0.25) is 5.02 Å². The van der Waals surface area contributed by atoms with Crippen molar-refractivity contribution in [3.05, 3.63) is 207 Å². The summed E-state index contributed by atoms with van der Waals surface area (Å²) in [6.07, 6.45) is 20.8. The zero-order valence-electron chi connectivity index (χ0n) is 36.4. The number of pyridine rings is 1. The van der Waals surface area contributed by atoms with Crippen molar-refractivity contribution in [3.63, 3.8) is 0 Å². The zero-order chi connectivity index (χ0) is 48.7. The van der Waals surface area contributed by atoms with Crippen LogP contribution in [0.1, 0.15) is 56.0 Å². The van der Waals surface area contributed by atoms with Crippen molar-refractivity contribution >= 4 is 67.7 Å². The van der Waals surface area contributed by atoms with Crippen molar-refractivity contribution in [1.29, 1.82) is 0 Å². The molecule has 0 aliphatic carbocycles. The topological polar surface area (TPSA) is 284 Å². The molecule has 2 heterocycles. The van der Waals surface area contributed by atoms with Crippen LogP contribution in [0.5, 0.6) is 11.5 Å². The highest BCUT2D eigenvalue weighted by Crippen LogP contribution is 2.45. The van der Waals surface area contributed by atoms with Crippen LogP contribution >= 0.6 is 11.6 Å². The Kier molecular flexibility index (Phi) is 15.8. The van der Waals surface area contributed by atoms with Gasteiger partial charge in [0.25, 0.3) is 11.8 Å². The minimum atomic E-state index is -1.05. The van der Waals surface area contributed by atoms with E-state index in [0.717, 1.165) is 0 Å². The highest BCUT2D eigenvalue weighted by molar-refractivity contribution is 6.33. The zero-order valence-corrected chi connectivity index (χ0v) is 37.2. The number of phenols is 2. The molecule has 0 saturated heterocycles. The van der Waals surface area contributed by atoms with Crippen molar-refractivity contribution in [2.75, 3.05) is 6.54 Å². The molecule has 3 unspecified atom stereocenters. The number of benzene rings is 5. The number of allylic oxidation sites excluding steroid dienone is 6. The van der Waals surface area contributed by atoms with Crippen LogP contribution in [0.15, 0.2) is 195 Å². The standard InChI is InChI=1S/C50H43ClN12O6/c51-39-29-34(58-60-46-36-18-15-31(49(66)57-43-13-5-10-23-55-43)26-33(36)28-38(48(46)65)50(67)56-24-8-2-7-21-53)16-19-41(39)59-61-45-35-17-14-30(44(63-69)42-12-4-9-22-54-42)25-32(35)27-37(47(45)64)40(62-68)11-3-1-6-20-52/h1-10,12-23,25-29,40,43-44,55,64-65H,11,24,52-53H2,(H,56,67)(H,57,66)/b3-1-,8-2-,20-6-,21-7-,60-58?,61-59?. The maximum absolute atomic E-state index is 13.4. The van der Waals surface area contributed by atoms with E-state index >= 15 is 0 Å². The van der Waals surface area contributed by atoms with Gasteiger partial charge in [0, 0.05) is 34.6 Å². The first-order valence-electron chi connectivity index (χ1n) is 21.2. The number of hydrogen-bond acceptors (Lipinski definition) is 16. The quantitative estimate of drug-likeness (QED) is 0.0243. The smallest absolute Gasteiger partial charge is 0.255 e. The van der Waals surface area contributed by atoms with Crippen LogP contribution in [-0.4, -0.2) is 39.7 Å². The van der Waals surface area contributed by atoms with E-state index in [0.29, 0.717) is 32.8 Å². The molecule has 2 amide bonds. The number of nitrogens with two attached hydrogens (primary N) is 2. The molecule has 19 heteroatoms. The van der Waals surface area contributed by atoms with E-state index < -0.39 is 29.9 Å². The summed E-state index contributed by atoms with van der Waals surface area (Å²) < 4.78 is 0. The third kappa shape index (κ3) is 11.5. The van der Waals surface area contributed by atoms with Crippen LogP contribution in [0.3, 0.4) is 0 Å². The Bertz CT molecular complexity index is 3170. The predicted molar refractivity (Wildman–Crippen MR) is 266 cm³/mol. The molecule has 0 saturated carbocycles. The molecule has 6 aromatic rings. The van der Waals surface area contributed by atoms with E-state index in [2.05, 4.69) is 51.7 Å². The highest BCUT2D eigenvalue weighted by Gasteiger charge is 2.24. The van der Waals surface area contributed by atoms with E-state index in [1.165, 1.54) is 36.7 Å². The van der Waals surface area contributed by atoms with Crippen LogP contribution in [0, 0.1) is 9.81 Å². The summed E-state index contributed by atoms with van der Waals surface area (Å²) in [6, 6.07) is 20.5. The van der Waals surface area contributed by atoms with Crippen molar-refractivity contribution < 1.29 is 19.8 Å². The first-order valence-corrected chi connectivity index (χ1v) is 21.5. The number of aromatic nitrogens is 1. The molecule has 0 spiro atoms. The molecule has 1 aromatic heterocycles. The van der Waals surface area contributed by atoms with Crippen LogP contribution < -0.4 is 27.4 Å². The van der Waals surface area contributed by atoms with Gasteiger partial charge in [0.05, 0.1) is 22.0 Å². The highest BCUT2D eigenvalue weighted by atomic mass is 35.5. The fraction of sp³-hybridized carbons (Fsp3) is 0.100. The summed E-state index contributed by atoms with van der Waals surface area (Å²) in [4.78, 5) is 55.3. The molecule has 0 fully saturated rings. The van der Waals surface area contributed by atoms with Gasteiger partial charge in [-0.15, -0.1) is 20.2 Å². The summed E-state index contributed by atoms with van der Waals surface area (Å²) in [5, 5.41) is 57.7. The first-order chi connectivity index (χ1) is 33.6. The Labute approximate surface area is 399 Å². The van der Waals surface area contributed by atoms with Gasteiger partial charge in [-0.2, -0.15) is 10.0 Å². The lowest BCUT2D eigenvalue weighted by molar-refractivity contribution is 0.0937. The predicted octanol–water partition coefficient (Wildman–Crippen LogP) is 10.9. The van der Waals surface area contributed by atoms with Crippen LogP contribution in [-0.2, 0) is 0 Å². The number of amides is 2. The summed E-state index contributed by atoms with van der Waals surface area (Å²) in [7, 11) is 0. The number of halogens is 1. The molecule has 9 N–H and O–H groups in total. The third-order valence-corrected chi connectivity index (χ3v) is 10.9. The minimum absolute atomic E-state index is 0.00297. The Morgan fingerprint density at radius 1 is 0.783 bits per heavy atom.